The van der Waals surface area contributed by atoms with Gasteiger partial charge in [-0.1, -0.05) is 27.7 Å². The number of pyridine rings is 1. The highest BCUT2D eigenvalue weighted by molar-refractivity contribution is 7.19. The quantitative estimate of drug-likeness (QED) is 0.351. The summed E-state index contributed by atoms with van der Waals surface area (Å²) in [5.41, 5.74) is 2.81. The van der Waals surface area contributed by atoms with Crippen LogP contribution in [0.1, 0.15) is 56.0 Å². The van der Waals surface area contributed by atoms with E-state index in [-0.39, 0.29) is 5.69 Å². The lowest BCUT2D eigenvalue weighted by Gasteiger charge is -2.08. The molecule has 0 amide bonds. The maximum Gasteiger partial charge on any atom is 0.272 e. The zero-order chi connectivity index (χ0) is 20.6. The van der Waals surface area contributed by atoms with E-state index in [2.05, 4.69) is 37.9 Å². The van der Waals surface area contributed by atoms with Gasteiger partial charge in [0.2, 0.25) is 0 Å². The number of nitro benzene ring substituents is 1. The third-order valence-electron chi connectivity index (χ3n) is 4.08. The Balaban J connectivity index is 0.000000254. The first kappa shape index (κ1) is 22.7. The van der Waals surface area contributed by atoms with Crippen LogP contribution >= 0.6 is 11.3 Å². The monoisotopic (exact) mass is 390 g/mol. The van der Waals surface area contributed by atoms with Crippen LogP contribution in [0.2, 0.25) is 0 Å². The third-order valence-corrected chi connectivity index (χ3v) is 5.16. The largest absolute Gasteiger partial charge is 0.272 e. The highest BCUT2D eigenvalue weighted by Crippen LogP contribution is 2.32. The number of aromatic nitrogens is 1. The zero-order valence-electron chi connectivity index (χ0n) is 16.7. The van der Waals surface area contributed by atoms with Crippen LogP contribution in [-0.2, 0) is 0 Å². The Morgan fingerprint density at radius 2 is 1.89 bits per heavy atom. The van der Waals surface area contributed by atoms with Crippen LogP contribution in [-0.4, -0.2) is 9.91 Å². The van der Waals surface area contributed by atoms with Crippen LogP contribution in [0.3, 0.4) is 0 Å². The fourth-order valence-corrected chi connectivity index (χ4v) is 3.48. The standard InChI is InChI=1S/C12H15NS.C7H6FNO2.C2H6/c1-4-8(2)10-5-6-13-11-7-9(3)14-12(10)11;1-5-2-3-6(9(10)11)4-7(5)8;1-2/h5-8H,4H2,1-3H3;2-4H,1H3;1-2H3. The Hall–Kier alpha value is -2.34. The molecule has 1 aromatic carbocycles. The van der Waals surface area contributed by atoms with Crippen molar-refractivity contribution in [3.05, 3.63) is 68.5 Å². The topological polar surface area (TPSA) is 56.0 Å². The van der Waals surface area contributed by atoms with Gasteiger partial charge in [-0.2, -0.15) is 0 Å². The molecule has 0 bridgehead atoms. The molecule has 2 aromatic heterocycles. The second-order valence-electron chi connectivity index (χ2n) is 5.97. The molecule has 0 aliphatic rings. The summed E-state index contributed by atoms with van der Waals surface area (Å²) >= 11 is 1.86. The Bertz CT molecular complexity index is 893. The van der Waals surface area contributed by atoms with E-state index in [1.54, 1.807) is 6.92 Å². The summed E-state index contributed by atoms with van der Waals surface area (Å²) in [6, 6.07) is 7.90. The summed E-state index contributed by atoms with van der Waals surface area (Å²) < 4.78 is 14.0. The van der Waals surface area contributed by atoms with Gasteiger partial charge in [0.05, 0.1) is 21.2 Å². The molecule has 1 unspecified atom stereocenters. The van der Waals surface area contributed by atoms with Gasteiger partial charge in [-0.25, -0.2) is 4.39 Å². The number of hydrogen-bond acceptors (Lipinski definition) is 4. The first-order chi connectivity index (χ1) is 12.8. The molecule has 1 atom stereocenters. The lowest BCUT2D eigenvalue weighted by molar-refractivity contribution is -0.385. The number of fused-ring (bicyclic) bond motifs is 1. The van der Waals surface area contributed by atoms with Crippen molar-refractivity contribution in [2.75, 3.05) is 0 Å². The Labute approximate surface area is 164 Å². The highest BCUT2D eigenvalue weighted by atomic mass is 32.1. The van der Waals surface area contributed by atoms with Crippen molar-refractivity contribution in [2.45, 2.75) is 53.9 Å². The van der Waals surface area contributed by atoms with Gasteiger partial charge in [0.25, 0.3) is 5.69 Å². The number of rotatable bonds is 3. The summed E-state index contributed by atoms with van der Waals surface area (Å²) in [6.45, 7) is 12.2. The van der Waals surface area contributed by atoms with Crippen molar-refractivity contribution in [3.63, 3.8) is 0 Å². The fourth-order valence-electron chi connectivity index (χ4n) is 2.38. The second kappa shape index (κ2) is 10.7. The number of thiophene rings is 1. The van der Waals surface area contributed by atoms with Gasteiger partial charge in [0.1, 0.15) is 5.82 Å². The maximum absolute atomic E-state index is 12.6. The summed E-state index contributed by atoms with van der Waals surface area (Å²) in [5, 5.41) is 10.1. The maximum atomic E-state index is 12.6. The SMILES string of the molecule is CC.CCC(C)c1ccnc2cc(C)sc12.Cc1ccc([N+](=O)[O-])cc1F. The van der Waals surface area contributed by atoms with Gasteiger partial charge in [-0.05, 0) is 55.5 Å². The average Bonchev–Trinajstić information content (AvgIpc) is 3.05. The molecule has 0 saturated carbocycles. The molecule has 4 nitrogen and oxygen atoms in total. The molecule has 0 N–H and O–H groups in total. The highest BCUT2D eigenvalue weighted by Gasteiger charge is 2.10. The predicted molar refractivity (Wildman–Crippen MR) is 112 cm³/mol. The molecule has 0 radical (unpaired) electrons. The Morgan fingerprint density at radius 3 is 2.44 bits per heavy atom. The molecule has 3 rings (SSSR count). The van der Waals surface area contributed by atoms with Crippen LogP contribution in [0.4, 0.5) is 10.1 Å². The molecule has 146 valence electrons. The minimum Gasteiger partial charge on any atom is -0.258 e. The van der Waals surface area contributed by atoms with Crippen molar-refractivity contribution in [1.82, 2.24) is 4.98 Å². The summed E-state index contributed by atoms with van der Waals surface area (Å²) in [6.07, 6.45) is 3.12. The van der Waals surface area contributed by atoms with Gasteiger partial charge in [-0.3, -0.25) is 15.1 Å². The van der Waals surface area contributed by atoms with Crippen molar-refractivity contribution >= 4 is 27.2 Å². The van der Waals surface area contributed by atoms with Crippen LogP contribution < -0.4 is 0 Å². The molecule has 0 aliphatic carbocycles. The summed E-state index contributed by atoms with van der Waals surface area (Å²) in [7, 11) is 0. The molecule has 0 aliphatic heterocycles. The van der Waals surface area contributed by atoms with Gasteiger partial charge in [0, 0.05) is 17.1 Å². The smallest absolute Gasteiger partial charge is 0.258 e. The van der Waals surface area contributed by atoms with Crippen LogP contribution in [0.15, 0.2) is 36.5 Å². The minimum absolute atomic E-state index is 0.215. The number of nitro groups is 1. The van der Waals surface area contributed by atoms with Crippen molar-refractivity contribution in [1.29, 1.82) is 0 Å². The number of benzene rings is 1. The van der Waals surface area contributed by atoms with E-state index in [4.69, 9.17) is 0 Å². The number of hydrogen-bond donors (Lipinski definition) is 0. The average molecular weight is 391 g/mol. The molecular weight excluding hydrogens is 363 g/mol. The first-order valence-electron chi connectivity index (χ1n) is 9.09. The third kappa shape index (κ3) is 6.10. The Morgan fingerprint density at radius 1 is 1.22 bits per heavy atom. The first-order valence-corrected chi connectivity index (χ1v) is 9.90. The molecule has 2 heterocycles. The van der Waals surface area contributed by atoms with Crippen LogP contribution in [0.25, 0.3) is 10.2 Å². The Kier molecular flexibility index (Phi) is 9.02. The van der Waals surface area contributed by atoms with Gasteiger partial charge in [-0.15, -0.1) is 11.3 Å². The molecule has 27 heavy (non-hydrogen) atoms. The van der Waals surface area contributed by atoms with E-state index in [1.165, 1.54) is 33.7 Å². The predicted octanol–water partition coefficient (Wildman–Crippen LogP) is 7.19. The van der Waals surface area contributed by atoms with Crippen molar-refractivity contribution in [3.8, 4) is 0 Å². The normalized spacial score (nSPS) is 11.1. The summed E-state index contributed by atoms with van der Waals surface area (Å²) in [4.78, 5) is 15.2. The molecule has 3 aromatic rings. The number of aryl methyl sites for hydroxylation is 2. The van der Waals surface area contributed by atoms with Crippen molar-refractivity contribution < 1.29 is 9.31 Å². The fraction of sp³-hybridized carbons (Fsp3) is 0.381. The van der Waals surface area contributed by atoms with Crippen LogP contribution in [0, 0.1) is 29.8 Å². The second-order valence-corrected chi connectivity index (χ2v) is 7.23. The van der Waals surface area contributed by atoms with E-state index in [9.17, 15) is 14.5 Å². The van der Waals surface area contributed by atoms with E-state index < -0.39 is 10.7 Å². The van der Waals surface area contributed by atoms with Gasteiger partial charge >= 0.3 is 0 Å². The van der Waals surface area contributed by atoms with E-state index in [0.29, 0.717) is 11.5 Å². The van der Waals surface area contributed by atoms with E-state index >= 15 is 0 Å². The number of non-ortho nitro benzene ring substituents is 1. The number of nitrogens with zero attached hydrogens (tertiary/aromatic N) is 2. The molecular formula is C21H27FN2O2S. The molecule has 0 spiro atoms. The van der Waals surface area contributed by atoms with E-state index in [1.807, 2.05) is 31.4 Å². The summed E-state index contributed by atoms with van der Waals surface area (Å²) in [5.74, 6) is 0.0951. The molecule has 6 heteroatoms. The lowest BCUT2D eigenvalue weighted by atomic mass is 9.99. The lowest BCUT2D eigenvalue weighted by Crippen LogP contribution is -1.91. The number of halogens is 1. The van der Waals surface area contributed by atoms with Gasteiger partial charge in [0.15, 0.2) is 0 Å². The zero-order valence-corrected chi connectivity index (χ0v) is 17.6. The minimum atomic E-state index is -0.622. The van der Waals surface area contributed by atoms with Crippen LogP contribution in [0.5, 0.6) is 0 Å². The molecule has 0 fully saturated rings. The van der Waals surface area contributed by atoms with E-state index in [0.717, 1.165) is 11.6 Å². The van der Waals surface area contributed by atoms with Gasteiger partial charge < -0.3 is 0 Å². The molecule has 0 saturated heterocycles. The van der Waals surface area contributed by atoms with Crippen molar-refractivity contribution in [2.24, 2.45) is 0 Å².